The maximum atomic E-state index is 12.4. The second-order valence-corrected chi connectivity index (χ2v) is 5.08. The number of hydrogen-bond donors (Lipinski definition) is 1. The van der Waals surface area contributed by atoms with Crippen LogP contribution in [0.4, 0.5) is 0 Å². The molecule has 1 N–H and O–H groups in total. The van der Waals surface area contributed by atoms with Gasteiger partial charge in [-0.1, -0.05) is 25.1 Å². The molecule has 0 saturated carbocycles. The van der Waals surface area contributed by atoms with Crippen molar-refractivity contribution in [2.24, 2.45) is 0 Å². The molecule has 2 heterocycles. The SMILES string of the molecule is CC(C)c1cc(C(=O)N(CCO)Cc2cccnc2)no1. The third-order valence-corrected chi connectivity index (χ3v) is 3.07. The van der Waals surface area contributed by atoms with Crippen molar-refractivity contribution in [1.82, 2.24) is 15.0 Å². The lowest BCUT2D eigenvalue weighted by Gasteiger charge is -2.20. The zero-order valence-corrected chi connectivity index (χ0v) is 12.2. The number of amides is 1. The summed E-state index contributed by atoms with van der Waals surface area (Å²) >= 11 is 0. The molecule has 6 heteroatoms. The van der Waals surface area contributed by atoms with E-state index in [0.29, 0.717) is 12.3 Å². The minimum Gasteiger partial charge on any atom is -0.395 e. The third-order valence-electron chi connectivity index (χ3n) is 3.07. The van der Waals surface area contributed by atoms with Gasteiger partial charge in [-0.25, -0.2) is 0 Å². The van der Waals surface area contributed by atoms with E-state index in [1.807, 2.05) is 26.0 Å². The van der Waals surface area contributed by atoms with E-state index in [2.05, 4.69) is 10.1 Å². The first-order valence-electron chi connectivity index (χ1n) is 6.87. The summed E-state index contributed by atoms with van der Waals surface area (Å²) in [7, 11) is 0. The molecule has 0 aliphatic carbocycles. The monoisotopic (exact) mass is 289 g/mol. The first-order chi connectivity index (χ1) is 10.1. The Hall–Kier alpha value is -2.21. The second-order valence-electron chi connectivity index (χ2n) is 5.08. The minimum atomic E-state index is -0.261. The van der Waals surface area contributed by atoms with Crippen LogP contribution < -0.4 is 0 Å². The van der Waals surface area contributed by atoms with Crippen LogP contribution in [0.25, 0.3) is 0 Å². The van der Waals surface area contributed by atoms with E-state index in [9.17, 15) is 4.79 Å². The Morgan fingerprint density at radius 2 is 2.29 bits per heavy atom. The summed E-state index contributed by atoms with van der Waals surface area (Å²) in [4.78, 5) is 18.0. The number of aliphatic hydroxyl groups is 1. The van der Waals surface area contributed by atoms with E-state index in [1.165, 1.54) is 4.90 Å². The van der Waals surface area contributed by atoms with Gasteiger partial charge in [0, 0.05) is 37.5 Å². The van der Waals surface area contributed by atoms with Crippen LogP contribution in [0.3, 0.4) is 0 Å². The summed E-state index contributed by atoms with van der Waals surface area (Å²) in [5.41, 5.74) is 1.16. The highest BCUT2D eigenvalue weighted by atomic mass is 16.5. The van der Waals surface area contributed by atoms with Crippen molar-refractivity contribution < 1.29 is 14.4 Å². The van der Waals surface area contributed by atoms with Crippen molar-refractivity contribution in [2.75, 3.05) is 13.2 Å². The van der Waals surface area contributed by atoms with Gasteiger partial charge in [0.1, 0.15) is 5.76 Å². The van der Waals surface area contributed by atoms with Gasteiger partial charge in [0.2, 0.25) is 0 Å². The van der Waals surface area contributed by atoms with Gasteiger partial charge in [0.15, 0.2) is 5.69 Å². The van der Waals surface area contributed by atoms with Crippen LogP contribution in [0.15, 0.2) is 35.1 Å². The van der Waals surface area contributed by atoms with Crippen molar-refractivity contribution in [3.05, 3.63) is 47.6 Å². The van der Waals surface area contributed by atoms with Crippen molar-refractivity contribution in [3.8, 4) is 0 Å². The zero-order valence-electron chi connectivity index (χ0n) is 12.2. The van der Waals surface area contributed by atoms with Crippen molar-refractivity contribution in [1.29, 1.82) is 0 Å². The van der Waals surface area contributed by atoms with Crippen LogP contribution in [0.1, 0.15) is 41.6 Å². The largest absolute Gasteiger partial charge is 0.395 e. The van der Waals surface area contributed by atoms with Crippen molar-refractivity contribution >= 4 is 5.91 Å². The molecule has 0 fully saturated rings. The van der Waals surface area contributed by atoms with E-state index in [0.717, 1.165) is 5.56 Å². The zero-order chi connectivity index (χ0) is 15.2. The molecule has 6 nitrogen and oxygen atoms in total. The molecule has 2 rings (SSSR count). The molecule has 1 amide bonds. The fourth-order valence-electron chi connectivity index (χ4n) is 1.91. The Bertz CT molecular complexity index is 581. The molecule has 0 unspecified atom stereocenters. The number of pyridine rings is 1. The molecular weight excluding hydrogens is 270 g/mol. The highest BCUT2D eigenvalue weighted by Gasteiger charge is 2.20. The van der Waals surface area contributed by atoms with Crippen LogP contribution in [0.2, 0.25) is 0 Å². The van der Waals surface area contributed by atoms with Crippen molar-refractivity contribution in [3.63, 3.8) is 0 Å². The van der Waals surface area contributed by atoms with Crippen LogP contribution in [-0.2, 0) is 6.54 Å². The number of aromatic nitrogens is 2. The standard InChI is InChI=1S/C15H19N3O3/c1-11(2)14-8-13(17-21-14)15(20)18(6-7-19)10-12-4-3-5-16-9-12/h3-5,8-9,11,19H,6-7,10H2,1-2H3. The van der Waals surface area contributed by atoms with Gasteiger partial charge in [0.25, 0.3) is 5.91 Å². The molecule has 112 valence electrons. The van der Waals surface area contributed by atoms with E-state index in [-0.39, 0.29) is 30.7 Å². The summed E-state index contributed by atoms with van der Waals surface area (Å²) in [5.74, 6) is 0.580. The summed E-state index contributed by atoms with van der Waals surface area (Å²) in [6.07, 6.45) is 3.37. The molecular formula is C15H19N3O3. The van der Waals surface area contributed by atoms with Gasteiger partial charge in [-0.15, -0.1) is 0 Å². The van der Waals surface area contributed by atoms with Gasteiger partial charge in [-0.2, -0.15) is 0 Å². The predicted octanol–water partition coefficient (Wildman–Crippen LogP) is 1.83. The Morgan fingerprint density at radius 3 is 2.86 bits per heavy atom. The molecule has 0 bridgehead atoms. The van der Waals surface area contributed by atoms with Crippen LogP contribution in [0, 0.1) is 0 Å². The van der Waals surface area contributed by atoms with E-state index >= 15 is 0 Å². The smallest absolute Gasteiger partial charge is 0.276 e. The highest BCUT2D eigenvalue weighted by molar-refractivity contribution is 5.92. The maximum absolute atomic E-state index is 12.4. The third kappa shape index (κ3) is 3.88. The number of nitrogens with zero attached hydrogens (tertiary/aromatic N) is 3. The summed E-state index contributed by atoms with van der Waals surface area (Å²) in [6.45, 7) is 4.43. The molecule has 21 heavy (non-hydrogen) atoms. The molecule has 2 aromatic heterocycles. The van der Waals surface area contributed by atoms with Crippen molar-refractivity contribution in [2.45, 2.75) is 26.3 Å². The molecule has 0 aliphatic rings. The normalized spacial score (nSPS) is 10.9. The Kier molecular flexibility index (Phi) is 5.05. The van der Waals surface area contributed by atoms with Gasteiger partial charge in [-0.05, 0) is 11.6 Å². The van der Waals surface area contributed by atoms with E-state index in [4.69, 9.17) is 9.63 Å². The molecule has 0 atom stereocenters. The van der Waals surface area contributed by atoms with Gasteiger partial charge < -0.3 is 14.5 Å². The van der Waals surface area contributed by atoms with Crippen LogP contribution in [-0.4, -0.2) is 39.2 Å². The average molecular weight is 289 g/mol. The summed E-state index contributed by atoms with van der Waals surface area (Å²) < 4.78 is 5.15. The number of carbonyl (C=O) groups excluding carboxylic acids is 1. The molecule has 0 saturated heterocycles. The van der Waals surface area contributed by atoms with E-state index < -0.39 is 0 Å². The minimum absolute atomic E-state index is 0.110. The molecule has 0 spiro atoms. The molecule has 0 radical (unpaired) electrons. The van der Waals surface area contributed by atoms with Gasteiger partial charge in [0.05, 0.1) is 6.61 Å². The Balaban J connectivity index is 2.14. The summed E-state index contributed by atoms with van der Waals surface area (Å²) in [5, 5.41) is 13.0. The topological polar surface area (TPSA) is 79.5 Å². The number of aliphatic hydroxyl groups excluding tert-OH is 1. The maximum Gasteiger partial charge on any atom is 0.276 e. The number of hydrogen-bond acceptors (Lipinski definition) is 5. The fraction of sp³-hybridized carbons (Fsp3) is 0.400. The van der Waals surface area contributed by atoms with Gasteiger partial charge in [-0.3, -0.25) is 9.78 Å². The quantitative estimate of drug-likeness (QED) is 0.877. The molecule has 0 aromatic carbocycles. The number of carbonyl (C=O) groups is 1. The first kappa shape index (κ1) is 15.2. The van der Waals surface area contributed by atoms with Crippen LogP contribution in [0.5, 0.6) is 0 Å². The Morgan fingerprint density at radius 1 is 1.48 bits per heavy atom. The second kappa shape index (κ2) is 6.99. The first-order valence-corrected chi connectivity index (χ1v) is 6.87. The fourth-order valence-corrected chi connectivity index (χ4v) is 1.91. The predicted molar refractivity (Wildman–Crippen MR) is 76.7 cm³/mol. The average Bonchev–Trinajstić information content (AvgIpc) is 2.97. The highest BCUT2D eigenvalue weighted by Crippen LogP contribution is 2.16. The van der Waals surface area contributed by atoms with Gasteiger partial charge >= 0.3 is 0 Å². The Labute approximate surface area is 123 Å². The lowest BCUT2D eigenvalue weighted by atomic mass is 10.1. The van der Waals surface area contributed by atoms with Crippen LogP contribution >= 0.6 is 0 Å². The lowest BCUT2D eigenvalue weighted by molar-refractivity contribution is 0.0697. The summed E-state index contributed by atoms with van der Waals surface area (Å²) in [6, 6.07) is 5.34. The van der Waals surface area contributed by atoms with E-state index in [1.54, 1.807) is 18.5 Å². The molecule has 0 aliphatic heterocycles. The lowest BCUT2D eigenvalue weighted by Crippen LogP contribution is -2.33. The number of rotatable bonds is 6. The molecule has 2 aromatic rings.